The van der Waals surface area contributed by atoms with Crippen LogP contribution in [0.25, 0.3) is 22.2 Å². The number of pyridine rings is 1. The molecule has 1 amide bonds. The third kappa shape index (κ3) is 4.57. The lowest BCUT2D eigenvalue weighted by Crippen LogP contribution is -2.20. The summed E-state index contributed by atoms with van der Waals surface area (Å²) >= 11 is 6.09. The van der Waals surface area contributed by atoms with Crippen molar-refractivity contribution in [3.8, 4) is 11.3 Å². The first kappa shape index (κ1) is 20.6. The average Bonchev–Trinajstić information content (AvgIpc) is 2.73. The number of hydrogen-bond donors (Lipinski definition) is 3. The molecule has 0 aliphatic carbocycles. The summed E-state index contributed by atoms with van der Waals surface area (Å²) in [4.78, 5) is 35.8. The Morgan fingerprint density at radius 1 is 1.13 bits per heavy atom. The summed E-state index contributed by atoms with van der Waals surface area (Å²) in [6.07, 6.45) is 1.63. The molecule has 0 spiro atoms. The average molecular weight is 434 g/mol. The fourth-order valence-electron chi connectivity index (χ4n) is 3.37. The SMILES string of the molecule is CC(=O)Nc1ccccc1-c1ccnc(N[C@@H](C)c2cc3cc(Cl)ccc3[nH]c2=O)n1. The Morgan fingerprint density at radius 3 is 2.74 bits per heavy atom. The third-order valence-corrected chi connectivity index (χ3v) is 5.05. The van der Waals surface area contributed by atoms with Gasteiger partial charge in [0.1, 0.15) is 0 Å². The Bertz CT molecular complexity index is 1340. The molecule has 2 aromatic carbocycles. The highest BCUT2D eigenvalue weighted by atomic mass is 35.5. The number of amides is 1. The van der Waals surface area contributed by atoms with Gasteiger partial charge in [-0.2, -0.15) is 0 Å². The molecule has 0 fully saturated rings. The van der Waals surface area contributed by atoms with Crippen LogP contribution in [0.15, 0.2) is 65.6 Å². The molecule has 31 heavy (non-hydrogen) atoms. The van der Waals surface area contributed by atoms with E-state index in [1.165, 1.54) is 6.92 Å². The molecule has 2 heterocycles. The van der Waals surface area contributed by atoms with Gasteiger partial charge in [0.15, 0.2) is 0 Å². The predicted octanol–water partition coefficient (Wildman–Crippen LogP) is 4.77. The van der Waals surface area contributed by atoms with Gasteiger partial charge in [0.2, 0.25) is 11.9 Å². The van der Waals surface area contributed by atoms with Crippen LogP contribution < -0.4 is 16.2 Å². The highest BCUT2D eigenvalue weighted by molar-refractivity contribution is 6.31. The fraction of sp³-hybridized carbons (Fsp3) is 0.130. The first-order chi connectivity index (χ1) is 14.9. The zero-order valence-corrected chi connectivity index (χ0v) is 17.7. The Labute approximate surface area is 183 Å². The largest absolute Gasteiger partial charge is 0.347 e. The van der Waals surface area contributed by atoms with Crippen LogP contribution in [-0.4, -0.2) is 20.9 Å². The van der Waals surface area contributed by atoms with Gasteiger partial charge in [0.25, 0.3) is 5.56 Å². The van der Waals surface area contributed by atoms with Crippen molar-refractivity contribution in [2.24, 2.45) is 0 Å². The number of benzene rings is 2. The number of fused-ring (bicyclic) bond motifs is 1. The lowest BCUT2D eigenvalue weighted by molar-refractivity contribution is -0.114. The van der Waals surface area contributed by atoms with E-state index in [1.54, 1.807) is 30.5 Å². The summed E-state index contributed by atoms with van der Waals surface area (Å²) in [5, 5.41) is 7.44. The van der Waals surface area contributed by atoms with Crippen LogP contribution in [0, 0.1) is 0 Å². The molecule has 0 aliphatic heterocycles. The molecule has 0 aliphatic rings. The van der Waals surface area contributed by atoms with E-state index in [4.69, 9.17) is 11.6 Å². The van der Waals surface area contributed by atoms with Crippen LogP contribution in [0.5, 0.6) is 0 Å². The van der Waals surface area contributed by atoms with E-state index in [-0.39, 0.29) is 17.5 Å². The maximum Gasteiger partial charge on any atom is 0.253 e. The van der Waals surface area contributed by atoms with Crippen molar-refractivity contribution in [2.75, 3.05) is 10.6 Å². The molecular weight excluding hydrogens is 414 g/mol. The van der Waals surface area contributed by atoms with Gasteiger partial charge in [0, 0.05) is 40.2 Å². The van der Waals surface area contributed by atoms with Gasteiger partial charge in [-0.25, -0.2) is 9.97 Å². The van der Waals surface area contributed by atoms with E-state index < -0.39 is 0 Å². The summed E-state index contributed by atoms with van der Waals surface area (Å²) in [5.74, 6) is 0.206. The van der Waals surface area contributed by atoms with Crippen LogP contribution in [0.2, 0.25) is 5.02 Å². The molecule has 0 unspecified atom stereocenters. The number of carbonyl (C=O) groups is 1. The van der Waals surface area contributed by atoms with E-state index in [1.807, 2.05) is 37.3 Å². The lowest BCUT2D eigenvalue weighted by atomic mass is 10.1. The van der Waals surface area contributed by atoms with Crippen LogP contribution in [0.4, 0.5) is 11.6 Å². The Hall–Kier alpha value is -3.71. The van der Waals surface area contributed by atoms with Crippen molar-refractivity contribution in [1.29, 1.82) is 0 Å². The zero-order valence-electron chi connectivity index (χ0n) is 16.9. The number of para-hydroxylation sites is 1. The lowest BCUT2D eigenvalue weighted by Gasteiger charge is -2.15. The van der Waals surface area contributed by atoms with E-state index in [0.717, 1.165) is 16.5 Å². The number of nitrogens with zero attached hydrogens (tertiary/aromatic N) is 2. The molecule has 8 heteroatoms. The quantitative estimate of drug-likeness (QED) is 0.421. The molecule has 4 aromatic rings. The second-order valence-electron chi connectivity index (χ2n) is 7.14. The molecule has 4 rings (SSSR count). The maximum atomic E-state index is 12.6. The normalized spacial score (nSPS) is 11.8. The van der Waals surface area contributed by atoms with E-state index in [0.29, 0.717) is 27.9 Å². The summed E-state index contributed by atoms with van der Waals surface area (Å²) in [5.41, 5.74) is 3.15. The van der Waals surface area contributed by atoms with Crippen molar-refractivity contribution >= 4 is 40.0 Å². The number of H-pyrrole nitrogens is 1. The van der Waals surface area contributed by atoms with Crippen molar-refractivity contribution in [1.82, 2.24) is 15.0 Å². The molecule has 0 saturated heterocycles. The monoisotopic (exact) mass is 433 g/mol. The molecule has 156 valence electrons. The second kappa shape index (κ2) is 8.57. The third-order valence-electron chi connectivity index (χ3n) is 4.82. The number of nitrogens with one attached hydrogen (secondary N) is 3. The number of hydrogen-bond acceptors (Lipinski definition) is 5. The molecular formula is C23H20ClN5O2. The minimum absolute atomic E-state index is 0.163. The first-order valence-corrected chi connectivity index (χ1v) is 10.1. The van der Waals surface area contributed by atoms with E-state index in [2.05, 4.69) is 25.6 Å². The minimum Gasteiger partial charge on any atom is -0.347 e. The number of aromatic nitrogens is 3. The topological polar surface area (TPSA) is 99.8 Å². The molecule has 0 saturated carbocycles. The number of halogens is 1. The van der Waals surface area contributed by atoms with Crippen LogP contribution in [-0.2, 0) is 4.79 Å². The van der Waals surface area contributed by atoms with Gasteiger partial charge in [-0.1, -0.05) is 29.8 Å². The Balaban J connectivity index is 1.64. The van der Waals surface area contributed by atoms with E-state index >= 15 is 0 Å². The van der Waals surface area contributed by atoms with Crippen molar-refractivity contribution in [3.05, 3.63) is 81.7 Å². The maximum absolute atomic E-state index is 12.6. The van der Waals surface area contributed by atoms with Crippen molar-refractivity contribution in [2.45, 2.75) is 19.9 Å². The van der Waals surface area contributed by atoms with Gasteiger partial charge in [-0.3, -0.25) is 9.59 Å². The Kier molecular flexibility index (Phi) is 5.68. The van der Waals surface area contributed by atoms with E-state index in [9.17, 15) is 9.59 Å². The molecule has 0 bridgehead atoms. The van der Waals surface area contributed by atoms with Crippen molar-refractivity contribution in [3.63, 3.8) is 0 Å². The van der Waals surface area contributed by atoms with Gasteiger partial charge in [-0.05, 0) is 43.3 Å². The minimum atomic E-state index is -0.354. The molecule has 1 atom stereocenters. The highest BCUT2D eigenvalue weighted by Gasteiger charge is 2.14. The Morgan fingerprint density at radius 2 is 1.94 bits per heavy atom. The van der Waals surface area contributed by atoms with Crippen molar-refractivity contribution < 1.29 is 4.79 Å². The number of anilines is 2. The number of rotatable bonds is 5. The molecule has 0 radical (unpaired) electrons. The van der Waals surface area contributed by atoms with Crippen LogP contribution in [0.1, 0.15) is 25.5 Å². The fourth-order valence-corrected chi connectivity index (χ4v) is 3.55. The van der Waals surface area contributed by atoms with Gasteiger partial charge in [0.05, 0.1) is 17.4 Å². The van der Waals surface area contributed by atoms with Gasteiger partial charge >= 0.3 is 0 Å². The van der Waals surface area contributed by atoms with Gasteiger partial charge in [-0.15, -0.1) is 0 Å². The number of aromatic amines is 1. The second-order valence-corrected chi connectivity index (χ2v) is 7.58. The number of carbonyl (C=O) groups excluding carboxylic acids is 1. The standard InChI is InChI=1S/C23H20ClN5O2/c1-13(18-12-15-11-16(24)7-8-19(15)28-22(18)31)26-23-25-10-9-21(29-23)17-5-3-4-6-20(17)27-14(2)30/h3-13H,1-2H3,(H,27,30)(H,28,31)(H,25,26,29)/t13-/m0/s1. The predicted molar refractivity (Wildman–Crippen MR) is 123 cm³/mol. The molecule has 7 nitrogen and oxygen atoms in total. The summed E-state index contributed by atoms with van der Waals surface area (Å²) in [6.45, 7) is 3.32. The molecule has 3 N–H and O–H groups in total. The highest BCUT2D eigenvalue weighted by Crippen LogP contribution is 2.27. The summed E-state index contributed by atoms with van der Waals surface area (Å²) < 4.78 is 0. The van der Waals surface area contributed by atoms with Crippen LogP contribution >= 0.6 is 11.6 Å². The summed E-state index contributed by atoms with van der Waals surface area (Å²) in [7, 11) is 0. The van der Waals surface area contributed by atoms with Gasteiger partial charge < -0.3 is 15.6 Å². The molecule has 2 aromatic heterocycles. The zero-order chi connectivity index (χ0) is 22.0. The summed E-state index contributed by atoms with van der Waals surface area (Å²) in [6, 6.07) is 15.9. The van der Waals surface area contributed by atoms with Crippen LogP contribution in [0.3, 0.4) is 0 Å². The first-order valence-electron chi connectivity index (χ1n) is 9.70. The smallest absolute Gasteiger partial charge is 0.253 e.